The van der Waals surface area contributed by atoms with Gasteiger partial charge in [0.1, 0.15) is 25.8 Å². The van der Waals surface area contributed by atoms with E-state index in [-0.39, 0.29) is 6.61 Å². The van der Waals surface area contributed by atoms with Crippen molar-refractivity contribution in [2.75, 3.05) is 27.2 Å². The Kier molecular flexibility index (Phi) is 6.32. The first kappa shape index (κ1) is 18.8. The van der Waals surface area contributed by atoms with Gasteiger partial charge in [0.2, 0.25) is 0 Å². The molecule has 0 fully saturated rings. The summed E-state index contributed by atoms with van der Waals surface area (Å²) >= 11 is 3.01. The van der Waals surface area contributed by atoms with Gasteiger partial charge >= 0.3 is 0 Å². The normalized spacial score (nSPS) is 12.9. The van der Waals surface area contributed by atoms with E-state index in [0.717, 1.165) is 24.2 Å². The molecule has 0 amide bonds. The van der Waals surface area contributed by atoms with Crippen molar-refractivity contribution in [3.63, 3.8) is 0 Å². The smallest absolute Gasteiger partial charge is 0.190 e. The maximum Gasteiger partial charge on any atom is 0.190 e. The number of quaternary nitrogens is 1. The van der Waals surface area contributed by atoms with Crippen LogP contribution in [0.25, 0.3) is 0 Å². The number of hydrogen-bond donors (Lipinski definition) is 1. The number of nitrogens with zero attached hydrogens (tertiary/aromatic N) is 1. The van der Waals surface area contributed by atoms with E-state index in [1.807, 2.05) is 44.4 Å². The molecule has 0 saturated carbocycles. The van der Waals surface area contributed by atoms with Crippen molar-refractivity contribution in [3.8, 4) is 5.75 Å². The number of ether oxygens (including phenoxy) is 1. The third kappa shape index (κ3) is 5.54. The van der Waals surface area contributed by atoms with Gasteiger partial charge in [0.25, 0.3) is 0 Å². The van der Waals surface area contributed by atoms with Gasteiger partial charge < -0.3 is 14.3 Å². The third-order valence-electron chi connectivity index (χ3n) is 3.54. The van der Waals surface area contributed by atoms with Gasteiger partial charge in [0.15, 0.2) is 17.4 Å². The molecule has 130 valence electrons. The van der Waals surface area contributed by atoms with E-state index in [1.165, 1.54) is 0 Å². The SMILES string of the molecule is C[N+](C)(Cc1ccccc1)C[C@H](O)COc1c(F)cc(Br)cc1F. The van der Waals surface area contributed by atoms with Crippen LogP contribution in [0.4, 0.5) is 8.78 Å². The van der Waals surface area contributed by atoms with E-state index < -0.39 is 23.5 Å². The number of halogens is 3. The molecule has 0 aliphatic heterocycles. The Balaban J connectivity index is 1.92. The molecular formula is C18H21BrF2NO2+. The highest BCUT2D eigenvalue weighted by molar-refractivity contribution is 9.10. The minimum atomic E-state index is -0.842. The van der Waals surface area contributed by atoms with Crippen molar-refractivity contribution in [1.29, 1.82) is 0 Å². The summed E-state index contributed by atoms with van der Waals surface area (Å²) in [6, 6.07) is 12.2. The van der Waals surface area contributed by atoms with Gasteiger partial charge in [0.05, 0.1) is 14.1 Å². The van der Waals surface area contributed by atoms with E-state index in [2.05, 4.69) is 15.9 Å². The van der Waals surface area contributed by atoms with Gasteiger partial charge in [0, 0.05) is 10.0 Å². The molecule has 2 rings (SSSR count). The number of benzene rings is 2. The summed E-state index contributed by atoms with van der Waals surface area (Å²) in [6.07, 6.45) is -0.842. The number of rotatable bonds is 7. The highest BCUT2D eigenvalue weighted by Crippen LogP contribution is 2.26. The largest absolute Gasteiger partial charge is 0.485 e. The van der Waals surface area contributed by atoms with Crippen molar-refractivity contribution in [2.24, 2.45) is 0 Å². The molecule has 1 atom stereocenters. The minimum Gasteiger partial charge on any atom is -0.485 e. The molecule has 0 bridgehead atoms. The topological polar surface area (TPSA) is 29.5 Å². The standard InChI is InChI=1S/C18H21BrF2NO2/c1-22(2,10-13-6-4-3-5-7-13)11-15(23)12-24-18-16(20)8-14(19)9-17(18)21/h3-9,15,23H,10-12H2,1-2H3/q+1/t15-/m0/s1. The first-order valence-corrected chi connectivity index (χ1v) is 8.37. The summed E-state index contributed by atoms with van der Waals surface area (Å²) in [5.41, 5.74) is 1.15. The molecule has 0 unspecified atom stereocenters. The predicted molar refractivity (Wildman–Crippen MR) is 92.7 cm³/mol. The molecule has 0 saturated heterocycles. The molecule has 0 heterocycles. The van der Waals surface area contributed by atoms with Gasteiger partial charge in [-0.15, -0.1) is 0 Å². The zero-order valence-electron chi connectivity index (χ0n) is 13.7. The molecule has 6 heteroatoms. The second kappa shape index (κ2) is 8.05. The van der Waals surface area contributed by atoms with Crippen LogP contribution in [0, 0.1) is 11.6 Å². The molecule has 2 aromatic carbocycles. The van der Waals surface area contributed by atoms with E-state index in [1.54, 1.807) is 0 Å². The molecule has 24 heavy (non-hydrogen) atoms. The molecule has 3 nitrogen and oxygen atoms in total. The molecule has 0 aliphatic carbocycles. The van der Waals surface area contributed by atoms with Gasteiger partial charge in [-0.1, -0.05) is 46.3 Å². The van der Waals surface area contributed by atoms with Crippen LogP contribution in [0.1, 0.15) is 5.56 Å². The number of likely N-dealkylation sites (N-methyl/N-ethyl adjacent to an activating group) is 1. The lowest BCUT2D eigenvalue weighted by Gasteiger charge is -2.32. The first-order valence-electron chi connectivity index (χ1n) is 7.58. The molecule has 2 aromatic rings. The van der Waals surface area contributed by atoms with Crippen molar-refractivity contribution in [1.82, 2.24) is 0 Å². The van der Waals surface area contributed by atoms with Crippen LogP contribution < -0.4 is 4.74 Å². The van der Waals surface area contributed by atoms with Crippen molar-refractivity contribution < 1.29 is 23.1 Å². The van der Waals surface area contributed by atoms with E-state index in [4.69, 9.17) is 4.74 Å². The Morgan fingerprint density at radius 3 is 2.29 bits per heavy atom. The highest BCUT2D eigenvalue weighted by Gasteiger charge is 2.22. The number of hydrogen-bond acceptors (Lipinski definition) is 2. The average Bonchev–Trinajstić information content (AvgIpc) is 2.45. The lowest BCUT2D eigenvalue weighted by molar-refractivity contribution is -0.906. The summed E-state index contributed by atoms with van der Waals surface area (Å²) in [7, 11) is 3.97. The van der Waals surface area contributed by atoms with Crippen LogP contribution in [-0.4, -0.2) is 42.9 Å². The van der Waals surface area contributed by atoms with Crippen LogP contribution in [0.15, 0.2) is 46.9 Å². The summed E-state index contributed by atoms with van der Waals surface area (Å²) in [6.45, 7) is 0.958. The third-order valence-corrected chi connectivity index (χ3v) is 4.00. The fraction of sp³-hybridized carbons (Fsp3) is 0.333. The van der Waals surface area contributed by atoms with Gasteiger partial charge in [-0.25, -0.2) is 8.78 Å². The summed E-state index contributed by atoms with van der Waals surface area (Å²) < 4.78 is 33.4. The molecule has 0 aliphatic rings. The van der Waals surface area contributed by atoms with Crippen molar-refractivity contribution in [2.45, 2.75) is 12.6 Å². The predicted octanol–water partition coefficient (Wildman–Crippen LogP) is 3.74. The zero-order chi connectivity index (χ0) is 17.7. The molecule has 0 spiro atoms. The lowest BCUT2D eigenvalue weighted by atomic mass is 10.2. The minimum absolute atomic E-state index is 0.175. The molecule has 0 aromatic heterocycles. The average molecular weight is 401 g/mol. The van der Waals surface area contributed by atoms with Crippen LogP contribution in [0.3, 0.4) is 0 Å². The highest BCUT2D eigenvalue weighted by atomic mass is 79.9. The fourth-order valence-corrected chi connectivity index (χ4v) is 3.01. The second-order valence-corrected chi connectivity index (χ2v) is 7.34. The summed E-state index contributed by atoms with van der Waals surface area (Å²) in [5.74, 6) is -2.06. The summed E-state index contributed by atoms with van der Waals surface area (Å²) in [5, 5.41) is 10.2. The Morgan fingerprint density at radius 1 is 1.12 bits per heavy atom. The lowest BCUT2D eigenvalue weighted by Crippen LogP contribution is -2.46. The van der Waals surface area contributed by atoms with Crippen molar-refractivity contribution in [3.05, 3.63) is 64.1 Å². The monoisotopic (exact) mass is 400 g/mol. The fourth-order valence-electron chi connectivity index (χ4n) is 2.61. The van der Waals surface area contributed by atoms with Crippen LogP contribution >= 0.6 is 15.9 Å². The second-order valence-electron chi connectivity index (χ2n) is 6.43. The Hall–Kier alpha value is -1.50. The Morgan fingerprint density at radius 2 is 1.71 bits per heavy atom. The maximum atomic E-state index is 13.7. The molecule has 0 radical (unpaired) electrons. The number of aliphatic hydroxyl groups excluding tert-OH is 1. The van der Waals surface area contributed by atoms with E-state index in [0.29, 0.717) is 15.5 Å². The van der Waals surface area contributed by atoms with Crippen molar-refractivity contribution >= 4 is 15.9 Å². The van der Waals surface area contributed by atoms with Gasteiger partial charge in [-0.05, 0) is 12.1 Å². The summed E-state index contributed by atoms with van der Waals surface area (Å²) in [4.78, 5) is 0. The van der Waals surface area contributed by atoms with E-state index in [9.17, 15) is 13.9 Å². The van der Waals surface area contributed by atoms with Gasteiger partial charge in [-0.2, -0.15) is 0 Å². The first-order chi connectivity index (χ1) is 11.3. The molecular weight excluding hydrogens is 380 g/mol. The van der Waals surface area contributed by atoms with Gasteiger partial charge in [-0.3, -0.25) is 0 Å². The van der Waals surface area contributed by atoms with E-state index >= 15 is 0 Å². The maximum absolute atomic E-state index is 13.7. The Labute approximate surface area is 149 Å². The number of aliphatic hydroxyl groups is 1. The van der Waals surface area contributed by atoms with Crippen LogP contribution in [-0.2, 0) is 6.54 Å². The van der Waals surface area contributed by atoms with Crippen LogP contribution in [0.5, 0.6) is 5.75 Å². The molecule has 1 N–H and O–H groups in total. The zero-order valence-corrected chi connectivity index (χ0v) is 15.3. The van der Waals surface area contributed by atoms with Crippen LogP contribution in [0.2, 0.25) is 0 Å². The quantitative estimate of drug-likeness (QED) is 0.717. The Bertz CT molecular complexity index is 657.